The number of sulfonamides is 1. The Balaban J connectivity index is 2.97. The number of hydrogen-bond acceptors (Lipinski definition) is 6. The average Bonchev–Trinajstić information content (AvgIpc) is 2.51. The molecule has 126 valence electrons. The zero-order valence-electron chi connectivity index (χ0n) is 12.1. The van der Waals surface area contributed by atoms with Gasteiger partial charge in [-0.2, -0.15) is 21.7 Å². The van der Waals surface area contributed by atoms with Crippen LogP contribution in [0, 0.1) is 11.3 Å². The standard InChI is InChI=1S/C13H14Cl2N2O4S2/c1-22-7-4-12(13(18)21-6-5-16)17-23(19,20)9-2-3-10(14)11(15)8-9/h2-3,8,12,17H,4,6-7H2,1H3/t12-/m0/s1. The molecule has 0 radical (unpaired) electrons. The summed E-state index contributed by atoms with van der Waals surface area (Å²) in [7, 11) is -3.99. The molecule has 1 atom stereocenters. The number of nitrogens with zero attached hydrogens (tertiary/aromatic N) is 1. The summed E-state index contributed by atoms with van der Waals surface area (Å²) >= 11 is 13.0. The number of benzene rings is 1. The zero-order valence-corrected chi connectivity index (χ0v) is 15.2. The average molecular weight is 397 g/mol. The van der Waals surface area contributed by atoms with Gasteiger partial charge in [-0.25, -0.2) is 8.42 Å². The molecule has 0 spiro atoms. The summed E-state index contributed by atoms with van der Waals surface area (Å²) in [5.41, 5.74) is 0. The first kappa shape index (κ1) is 20.1. The Bertz CT molecular complexity index is 704. The lowest BCUT2D eigenvalue weighted by Gasteiger charge is -2.17. The lowest BCUT2D eigenvalue weighted by molar-refractivity contribution is -0.144. The molecule has 0 amide bonds. The van der Waals surface area contributed by atoms with Crippen molar-refractivity contribution in [2.45, 2.75) is 17.4 Å². The molecule has 10 heteroatoms. The first-order chi connectivity index (χ1) is 10.8. The largest absolute Gasteiger partial charge is 0.449 e. The van der Waals surface area contributed by atoms with Gasteiger partial charge in [0, 0.05) is 0 Å². The maximum atomic E-state index is 12.4. The summed E-state index contributed by atoms with van der Waals surface area (Å²) in [5, 5.41) is 8.75. The van der Waals surface area contributed by atoms with Crippen molar-refractivity contribution in [1.29, 1.82) is 5.26 Å². The van der Waals surface area contributed by atoms with Gasteiger partial charge in [0.2, 0.25) is 10.0 Å². The Kier molecular flexibility index (Phi) is 8.16. The fourth-order valence-corrected chi connectivity index (χ4v) is 3.64. The molecule has 1 aromatic carbocycles. The van der Waals surface area contributed by atoms with Crippen LogP contribution in [-0.2, 0) is 19.6 Å². The van der Waals surface area contributed by atoms with Crippen molar-refractivity contribution >= 4 is 51.0 Å². The first-order valence-electron chi connectivity index (χ1n) is 6.31. The topological polar surface area (TPSA) is 96.3 Å². The van der Waals surface area contributed by atoms with Crippen molar-refractivity contribution < 1.29 is 17.9 Å². The molecular weight excluding hydrogens is 383 g/mol. The molecule has 0 saturated heterocycles. The predicted molar refractivity (Wildman–Crippen MR) is 90.1 cm³/mol. The van der Waals surface area contributed by atoms with Crippen molar-refractivity contribution in [1.82, 2.24) is 4.72 Å². The van der Waals surface area contributed by atoms with E-state index in [1.807, 2.05) is 6.26 Å². The summed E-state index contributed by atoms with van der Waals surface area (Å²) in [6, 6.07) is 4.40. The van der Waals surface area contributed by atoms with Gasteiger partial charge in [-0.05, 0) is 36.6 Å². The van der Waals surface area contributed by atoms with Gasteiger partial charge in [-0.1, -0.05) is 23.2 Å². The molecule has 0 bridgehead atoms. The van der Waals surface area contributed by atoms with Crippen molar-refractivity contribution in [3.05, 3.63) is 28.2 Å². The summed E-state index contributed by atoms with van der Waals surface area (Å²) in [6.45, 7) is -0.441. The fraction of sp³-hybridized carbons (Fsp3) is 0.385. The van der Waals surface area contributed by atoms with E-state index in [0.29, 0.717) is 5.75 Å². The van der Waals surface area contributed by atoms with Gasteiger partial charge >= 0.3 is 5.97 Å². The minimum Gasteiger partial charge on any atom is -0.449 e. The number of ether oxygens (including phenoxy) is 1. The molecule has 0 saturated carbocycles. The molecule has 6 nitrogen and oxygen atoms in total. The molecule has 0 heterocycles. The van der Waals surface area contributed by atoms with Gasteiger partial charge in [-0.3, -0.25) is 4.79 Å². The number of esters is 1. The minimum atomic E-state index is -3.99. The van der Waals surface area contributed by atoms with Gasteiger partial charge in [0.25, 0.3) is 0 Å². The number of nitrogens with one attached hydrogen (secondary N) is 1. The maximum absolute atomic E-state index is 12.4. The number of halogens is 2. The second kappa shape index (κ2) is 9.35. The van der Waals surface area contributed by atoms with Crippen LogP contribution in [0.25, 0.3) is 0 Å². The second-order valence-electron chi connectivity index (χ2n) is 4.30. The predicted octanol–water partition coefficient (Wildman–Crippen LogP) is 2.46. The second-order valence-corrected chi connectivity index (χ2v) is 7.81. The Morgan fingerprint density at radius 3 is 2.70 bits per heavy atom. The van der Waals surface area contributed by atoms with Crippen LogP contribution in [0.1, 0.15) is 6.42 Å². The third kappa shape index (κ3) is 6.20. The third-order valence-electron chi connectivity index (χ3n) is 2.67. The van der Waals surface area contributed by atoms with Crippen molar-refractivity contribution in [2.75, 3.05) is 18.6 Å². The van der Waals surface area contributed by atoms with Crippen molar-refractivity contribution in [2.24, 2.45) is 0 Å². The lowest BCUT2D eigenvalue weighted by Crippen LogP contribution is -2.42. The third-order valence-corrected chi connectivity index (χ3v) is 5.53. The first-order valence-corrected chi connectivity index (χ1v) is 9.95. The van der Waals surface area contributed by atoms with Crippen LogP contribution < -0.4 is 4.72 Å². The molecule has 0 aliphatic heterocycles. The van der Waals surface area contributed by atoms with E-state index < -0.39 is 28.6 Å². The number of hydrogen-bond donors (Lipinski definition) is 1. The van der Waals surface area contributed by atoms with E-state index in [1.165, 1.54) is 30.0 Å². The Hall–Kier alpha value is -0.980. The van der Waals surface area contributed by atoms with Gasteiger partial charge in [-0.15, -0.1) is 0 Å². The lowest BCUT2D eigenvalue weighted by atomic mass is 10.2. The number of nitriles is 1. The summed E-state index contributed by atoms with van der Waals surface area (Å²) < 4.78 is 31.7. The van der Waals surface area contributed by atoms with Crippen LogP contribution in [0.15, 0.2) is 23.1 Å². The highest BCUT2D eigenvalue weighted by Crippen LogP contribution is 2.25. The van der Waals surface area contributed by atoms with Crippen LogP contribution in [0.4, 0.5) is 0 Å². The number of rotatable bonds is 8. The highest BCUT2D eigenvalue weighted by molar-refractivity contribution is 7.98. The monoisotopic (exact) mass is 396 g/mol. The summed E-state index contributed by atoms with van der Waals surface area (Å²) in [4.78, 5) is 11.8. The minimum absolute atomic E-state index is 0.0854. The van der Waals surface area contributed by atoms with E-state index in [-0.39, 0.29) is 21.4 Å². The van der Waals surface area contributed by atoms with E-state index in [9.17, 15) is 13.2 Å². The molecule has 0 aliphatic rings. The van der Waals surface area contributed by atoms with E-state index in [1.54, 1.807) is 6.07 Å². The van der Waals surface area contributed by atoms with E-state index in [4.69, 9.17) is 33.2 Å². The molecule has 0 aliphatic carbocycles. The number of thioether (sulfide) groups is 1. The van der Waals surface area contributed by atoms with Gasteiger partial charge in [0.05, 0.1) is 14.9 Å². The smallest absolute Gasteiger partial charge is 0.325 e. The molecule has 1 aromatic rings. The van der Waals surface area contributed by atoms with Crippen LogP contribution >= 0.6 is 35.0 Å². The highest BCUT2D eigenvalue weighted by Gasteiger charge is 2.27. The molecule has 1 rings (SSSR count). The van der Waals surface area contributed by atoms with Crippen LogP contribution in [0.2, 0.25) is 10.0 Å². The molecule has 0 fully saturated rings. The van der Waals surface area contributed by atoms with Crippen LogP contribution in [-0.4, -0.2) is 39.0 Å². The fourth-order valence-electron chi connectivity index (χ4n) is 1.56. The highest BCUT2D eigenvalue weighted by atomic mass is 35.5. The van der Waals surface area contributed by atoms with E-state index >= 15 is 0 Å². The zero-order chi connectivity index (χ0) is 17.5. The molecule has 1 N–H and O–H groups in total. The van der Waals surface area contributed by atoms with E-state index in [2.05, 4.69) is 4.72 Å². The van der Waals surface area contributed by atoms with Gasteiger partial charge in [0.1, 0.15) is 12.1 Å². The quantitative estimate of drug-likeness (QED) is 0.677. The molecule has 0 unspecified atom stereocenters. The number of carbonyl (C=O) groups excluding carboxylic acids is 1. The van der Waals surface area contributed by atoms with Crippen molar-refractivity contribution in [3.8, 4) is 6.07 Å². The van der Waals surface area contributed by atoms with Crippen LogP contribution in [0.3, 0.4) is 0 Å². The van der Waals surface area contributed by atoms with Crippen molar-refractivity contribution in [3.63, 3.8) is 0 Å². The molecule has 23 heavy (non-hydrogen) atoms. The molecular formula is C13H14Cl2N2O4S2. The van der Waals surface area contributed by atoms with E-state index in [0.717, 1.165) is 0 Å². The Morgan fingerprint density at radius 2 is 2.13 bits per heavy atom. The Morgan fingerprint density at radius 1 is 1.43 bits per heavy atom. The summed E-state index contributed by atoms with van der Waals surface area (Å²) in [5.74, 6) is -0.264. The van der Waals surface area contributed by atoms with Crippen LogP contribution in [0.5, 0.6) is 0 Å². The number of carbonyl (C=O) groups is 1. The summed E-state index contributed by atoms with van der Waals surface area (Å²) in [6.07, 6.45) is 2.05. The van der Waals surface area contributed by atoms with Gasteiger partial charge < -0.3 is 4.74 Å². The molecule has 0 aromatic heterocycles. The van der Waals surface area contributed by atoms with Gasteiger partial charge in [0.15, 0.2) is 6.61 Å². The Labute approximate surface area is 149 Å². The SMILES string of the molecule is CSCC[C@H](NS(=O)(=O)c1ccc(Cl)c(Cl)c1)C(=O)OCC#N. The maximum Gasteiger partial charge on any atom is 0.325 e. The normalized spacial score (nSPS) is 12.4.